The Balaban J connectivity index is 1.85. The zero-order chi connectivity index (χ0) is 22.2. The van der Waals surface area contributed by atoms with Gasteiger partial charge in [-0.05, 0) is 6.07 Å². The topological polar surface area (TPSA) is 159 Å². The minimum Gasteiger partial charge on any atom is -0.429 e. The Hall–Kier alpha value is -4.47. The van der Waals surface area contributed by atoms with Crippen LogP contribution in [-0.2, 0) is 19.1 Å². The van der Waals surface area contributed by atoms with Gasteiger partial charge in [0, 0.05) is 23.5 Å². The molecule has 0 aliphatic carbocycles. The highest BCUT2D eigenvalue weighted by Crippen LogP contribution is 2.21. The van der Waals surface area contributed by atoms with Crippen molar-refractivity contribution in [1.82, 2.24) is 9.78 Å². The average Bonchev–Trinajstić information content (AvgIpc) is 3.32. The largest absolute Gasteiger partial charge is 0.429 e. The highest BCUT2D eigenvalue weighted by atomic mass is 16.6. The number of nitrogens with two attached hydrogens (primary N) is 2. The van der Waals surface area contributed by atoms with Crippen molar-refractivity contribution in [3.8, 4) is 0 Å². The summed E-state index contributed by atoms with van der Waals surface area (Å²) in [6.07, 6.45) is 1.02. The number of rotatable bonds is 6. The zero-order valence-electron chi connectivity index (χ0n) is 16.3. The molecule has 158 valence electrons. The molecule has 10 heteroatoms. The number of nitrogens with zero attached hydrogens (tertiary/aromatic N) is 3. The number of aromatic nitrogens is 2. The second kappa shape index (κ2) is 9.83. The number of aliphatic imine (C=N–C) groups is 1. The number of ether oxygens (including phenoxy) is 2. The summed E-state index contributed by atoms with van der Waals surface area (Å²) in [5, 5.41) is 11.3. The lowest BCUT2D eigenvalue weighted by atomic mass is 10.2. The van der Waals surface area contributed by atoms with Gasteiger partial charge in [0.05, 0.1) is 0 Å². The predicted molar refractivity (Wildman–Crippen MR) is 112 cm³/mol. The third-order valence-corrected chi connectivity index (χ3v) is 4.06. The molecule has 5 N–H and O–H groups in total. The summed E-state index contributed by atoms with van der Waals surface area (Å²) in [6.45, 7) is 0. The van der Waals surface area contributed by atoms with Crippen LogP contribution in [0, 0.1) is 5.41 Å². The zero-order valence-corrected chi connectivity index (χ0v) is 16.3. The van der Waals surface area contributed by atoms with Crippen LogP contribution in [0.25, 0.3) is 0 Å². The molecule has 3 aromatic rings. The van der Waals surface area contributed by atoms with Crippen LogP contribution in [-0.4, -0.2) is 33.4 Å². The molecule has 31 heavy (non-hydrogen) atoms. The van der Waals surface area contributed by atoms with E-state index in [9.17, 15) is 9.59 Å². The Morgan fingerprint density at radius 3 is 2.06 bits per heavy atom. The van der Waals surface area contributed by atoms with Crippen molar-refractivity contribution in [1.29, 1.82) is 5.41 Å². The number of hydrogen-bond acceptors (Lipinski definition) is 7. The van der Waals surface area contributed by atoms with Gasteiger partial charge in [0.15, 0.2) is 0 Å². The lowest BCUT2D eigenvalue weighted by Gasteiger charge is -2.19. The molecule has 0 fully saturated rings. The summed E-state index contributed by atoms with van der Waals surface area (Å²) in [4.78, 5) is 28.5. The van der Waals surface area contributed by atoms with Gasteiger partial charge < -0.3 is 20.9 Å². The van der Waals surface area contributed by atoms with Crippen LogP contribution in [0.15, 0.2) is 84.1 Å². The second-order valence-electron chi connectivity index (χ2n) is 6.25. The fourth-order valence-corrected chi connectivity index (χ4v) is 2.60. The van der Waals surface area contributed by atoms with Gasteiger partial charge in [-0.2, -0.15) is 5.10 Å². The van der Waals surface area contributed by atoms with Crippen LogP contribution in [0.4, 0.5) is 0 Å². The summed E-state index contributed by atoms with van der Waals surface area (Å²) < 4.78 is 12.1. The first kappa shape index (κ1) is 21.2. The number of nitrogens with one attached hydrogen (secondary N) is 1. The lowest BCUT2D eigenvalue weighted by Crippen LogP contribution is -2.32. The summed E-state index contributed by atoms with van der Waals surface area (Å²) in [5.74, 6) is -3.37. The van der Waals surface area contributed by atoms with Crippen LogP contribution < -0.4 is 11.5 Å². The Morgan fingerprint density at radius 2 is 1.52 bits per heavy atom. The van der Waals surface area contributed by atoms with Gasteiger partial charge in [-0.3, -0.25) is 5.41 Å². The fourth-order valence-electron chi connectivity index (χ4n) is 2.60. The molecule has 0 spiro atoms. The van der Waals surface area contributed by atoms with E-state index in [1.807, 2.05) is 6.07 Å². The maximum absolute atomic E-state index is 12.7. The maximum atomic E-state index is 12.7. The van der Waals surface area contributed by atoms with Gasteiger partial charge in [0.2, 0.25) is 24.1 Å². The quantitative estimate of drug-likeness (QED) is 0.310. The summed E-state index contributed by atoms with van der Waals surface area (Å²) in [7, 11) is 0. The fraction of sp³-hybridized carbons (Fsp3) is 0.0952. The molecular weight excluding hydrogens is 400 g/mol. The molecule has 0 amide bonds. The Kier molecular flexibility index (Phi) is 6.74. The van der Waals surface area contributed by atoms with Crippen molar-refractivity contribution in [3.63, 3.8) is 0 Å². The Morgan fingerprint density at radius 1 is 0.903 bits per heavy atom. The molecule has 0 bridgehead atoms. The van der Waals surface area contributed by atoms with E-state index in [0.29, 0.717) is 11.1 Å². The first-order valence-corrected chi connectivity index (χ1v) is 9.14. The molecule has 2 atom stereocenters. The van der Waals surface area contributed by atoms with Crippen LogP contribution in [0.2, 0.25) is 0 Å². The lowest BCUT2D eigenvalue weighted by molar-refractivity contribution is -0.144. The van der Waals surface area contributed by atoms with E-state index in [4.69, 9.17) is 26.4 Å². The molecular formula is C21H20N6O4. The summed E-state index contributed by atoms with van der Waals surface area (Å²) >= 11 is 0. The predicted octanol–water partition coefficient (Wildman–Crippen LogP) is 1.51. The second-order valence-corrected chi connectivity index (χ2v) is 6.25. The van der Waals surface area contributed by atoms with E-state index in [1.165, 1.54) is 4.68 Å². The molecule has 0 saturated heterocycles. The van der Waals surface area contributed by atoms with Gasteiger partial charge in [-0.15, -0.1) is 0 Å². The third kappa shape index (κ3) is 5.54. The molecule has 2 aromatic carbocycles. The van der Waals surface area contributed by atoms with E-state index in [-0.39, 0.29) is 0 Å². The van der Waals surface area contributed by atoms with Crippen LogP contribution in [0.5, 0.6) is 0 Å². The van der Waals surface area contributed by atoms with Gasteiger partial charge >= 0.3 is 11.9 Å². The van der Waals surface area contributed by atoms with Crippen LogP contribution in [0.3, 0.4) is 0 Å². The molecule has 0 radical (unpaired) electrons. The molecule has 1 heterocycles. The van der Waals surface area contributed by atoms with Gasteiger partial charge in [0.1, 0.15) is 0 Å². The Labute approximate surface area is 177 Å². The number of esters is 2. The number of carbonyl (C=O) groups excluding carboxylic acids is 2. The monoisotopic (exact) mass is 420 g/mol. The SMILES string of the molecule is N=C(N)C(=O)OC(N=C(N)C(=O)OC(c1ccccc1)n1cccn1)c1ccccc1. The average molecular weight is 420 g/mol. The van der Waals surface area contributed by atoms with E-state index >= 15 is 0 Å². The number of hydrogen-bond donors (Lipinski definition) is 3. The highest BCUT2D eigenvalue weighted by molar-refractivity contribution is 6.35. The van der Waals surface area contributed by atoms with Crippen molar-refractivity contribution in [2.45, 2.75) is 12.5 Å². The number of carbonyl (C=O) groups is 2. The maximum Gasteiger partial charge on any atom is 0.375 e. The summed E-state index contributed by atoms with van der Waals surface area (Å²) in [6, 6.07) is 19.0. The van der Waals surface area contributed by atoms with Crippen molar-refractivity contribution in [2.24, 2.45) is 16.5 Å². The number of benzene rings is 2. The van der Waals surface area contributed by atoms with Gasteiger partial charge in [0.25, 0.3) is 0 Å². The molecule has 1 aromatic heterocycles. The first-order chi connectivity index (χ1) is 15.0. The number of amidine groups is 2. The van der Waals surface area contributed by atoms with E-state index in [1.54, 1.807) is 73.1 Å². The van der Waals surface area contributed by atoms with Crippen LogP contribution >= 0.6 is 0 Å². The smallest absolute Gasteiger partial charge is 0.375 e. The Bertz CT molecular complexity index is 1070. The molecule has 10 nitrogen and oxygen atoms in total. The van der Waals surface area contributed by atoms with Crippen molar-refractivity contribution >= 4 is 23.6 Å². The molecule has 0 saturated carbocycles. The highest BCUT2D eigenvalue weighted by Gasteiger charge is 2.24. The summed E-state index contributed by atoms with van der Waals surface area (Å²) in [5.41, 5.74) is 12.1. The van der Waals surface area contributed by atoms with Gasteiger partial charge in [-0.25, -0.2) is 19.3 Å². The van der Waals surface area contributed by atoms with Crippen molar-refractivity contribution < 1.29 is 19.1 Å². The van der Waals surface area contributed by atoms with Crippen molar-refractivity contribution in [2.75, 3.05) is 0 Å². The third-order valence-electron chi connectivity index (χ3n) is 4.06. The van der Waals surface area contributed by atoms with E-state index < -0.39 is 36.1 Å². The van der Waals surface area contributed by atoms with Gasteiger partial charge in [-0.1, -0.05) is 60.7 Å². The normalized spacial score (nSPS) is 13.1. The van der Waals surface area contributed by atoms with Crippen LogP contribution in [0.1, 0.15) is 23.6 Å². The molecule has 3 rings (SSSR count). The van der Waals surface area contributed by atoms with E-state index in [2.05, 4.69) is 10.1 Å². The standard InChI is InChI=1S/C21H20N6O4/c22-16(23)20(28)30-18(14-8-3-1-4-9-14)26-17(24)21(29)31-19(27-13-7-12-25-27)15-10-5-2-6-11-15/h1-13,18-19H,(H3,22,23)(H2,24,26). The molecule has 2 unspecified atom stereocenters. The minimum atomic E-state index is -1.29. The first-order valence-electron chi connectivity index (χ1n) is 9.14. The minimum absolute atomic E-state index is 0.430. The van der Waals surface area contributed by atoms with E-state index in [0.717, 1.165) is 0 Å². The molecule has 0 aliphatic rings. The molecule has 0 aliphatic heterocycles. The van der Waals surface area contributed by atoms with Crippen molar-refractivity contribution in [3.05, 3.63) is 90.3 Å².